The molecule has 0 spiro atoms. The summed E-state index contributed by atoms with van der Waals surface area (Å²) in [6.45, 7) is 3.56. The second-order valence-electron chi connectivity index (χ2n) is 7.56. The van der Waals surface area contributed by atoms with Crippen LogP contribution in [0.3, 0.4) is 0 Å². The molecule has 3 N–H and O–H groups in total. The van der Waals surface area contributed by atoms with Gasteiger partial charge in [0.1, 0.15) is 6.04 Å². The lowest BCUT2D eigenvalue weighted by molar-refractivity contribution is -0.137. The molecule has 0 bridgehead atoms. The van der Waals surface area contributed by atoms with Crippen molar-refractivity contribution in [3.05, 3.63) is 28.8 Å². The van der Waals surface area contributed by atoms with E-state index in [9.17, 15) is 31.2 Å². The Morgan fingerprint density at radius 1 is 1.19 bits per heavy atom. The SMILES string of the molecule is CC(C)C[C@@H](NC(N)=O)C(=O)N1CCN(S(=O)(=O)c2ccc(Cl)c(C(F)(F)F)c2)CC1. The van der Waals surface area contributed by atoms with Gasteiger partial charge in [-0.2, -0.15) is 17.5 Å². The number of primary amides is 1. The zero-order chi connectivity index (χ0) is 23.6. The van der Waals surface area contributed by atoms with Crippen LogP contribution in [0.2, 0.25) is 5.02 Å². The molecule has 1 aliphatic heterocycles. The van der Waals surface area contributed by atoms with Gasteiger partial charge in [-0.15, -0.1) is 0 Å². The fraction of sp³-hybridized carbons (Fsp3) is 0.556. The van der Waals surface area contributed by atoms with E-state index in [1.54, 1.807) is 0 Å². The molecule has 31 heavy (non-hydrogen) atoms. The molecule has 13 heteroatoms. The first-order valence-corrected chi connectivity index (χ1v) is 11.3. The van der Waals surface area contributed by atoms with Crippen molar-refractivity contribution in [1.82, 2.24) is 14.5 Å². The average molecular weight is 485 g/mol. The lowest BCUT2D eigenvalue weighted by Crippen LogP contribution is -2.56. The van der Waals surface area contributed by atoms with E-state index in [2.05, 4.69) is 5.32 Å². The number of rotatable bonds is 6. The van der Waals surface area contributed by atoms with Gasteiger partial charge in [-0.3, -0.25) is 4.79 Å². The number of hydrogen-bond acceptors (Lipinski definition) is 4. The van der Waals surface area contributed by atoms with Crippen molar-refractivity contribution in [3.63, 3.8) is 0 Å². The van der Waals surface area contributed by atoms with Crippen LogP contribution in [0.1, 0.15) is 25.8 Å². The third-order valence-electron chi connectivity index (χ3n) is 4.75. The summed E-state index contributed by atoms with van der Waals surface area (Å²) >= 11 is 5.56. The van der Waals surface area contributed by atoms with Gasteiger partial charge < -0.3 is 16.0 Å². The number of piperazine rings is 1. The lowest BCUT2D eigenvalue weighted by atomic mass is 10.0. The Morgan fingerprint density at radius 2 is 1.77 bits per heavy atom. The number of amides is 3. The molecule has 3 amide bonds. The van der Waals surface area contributed by atoms with Gasteiger partial charge in [0, 0.05) is 26.2 Å². The zero-order valence-electron chi connectivity index (χ0n) is 16.9. The predicted molar refractivity (Wildman–Crippen MR) is 108 cm³/mol. The Bertz CT molecular complexity index is 932. The molecule has 1 atom stereocenters. The topological polar surface area (TPSA) is 113 Å². The van der Waals surface area contributed by atoms with E-state index in [1.165, 1.54) is 4.90 Å². The van der Waals surface area contributed by atoms with Crippen molar-refractivity contribution in [3.8, 4) is 0 Å². The van der Waals surface area contributed by atoms with Gasteiger partial charge in [0.25, 0.3) is 0 Å². The zero-order valence-corrected chi connectivity index (χ0v) is 18.5. The standard InChI is InChI=1S/C18H24ClF3N4O4S/c1-11(2)9-15(24-17(23)28)16(27)25-5-7-26(8-6-25)31(29,30)12-3-4-14(19)13(10-12)18(20,21)22/h3-4,10-11,15H,5-9H2,1-2H3,(H3,23,24,28)/t15-/m1/s1. The van der Waals surface area contributed by atoms with Gasteiger partial charge in [0.05, 0.1) is 15.5 Å². The molecule has 0 unspecified atom stereocenters. The Hall–Kier alpha value is -2.05. The van der Waals surface area contributed by atoms with E-state index < -0.39 is 49.7 Å². The number of alkyl halides is 3. The van der Waals surface area contributed by atoms with Crippen molar-refractivity contribution in [2.75, 3.05) is 26.2 Å². The number of nitrogens with zero attached hydrogens (tertiary/aromatic N) is 2. The molecule has 0 radical (unpaired) electrons. The number of urea groups is 1. The van der Waals surface area contributed by atoms with Gasteiger partial charge in [0.15, 0.2) is 0 Å². The summed E-state index contributed by atoms with van der Waals surface area (Å²) in [5.74, 6) is -0.300. The quantitative estimate of drug-likeness (QED) is 0.644. The first-order chi connectivity index (χ1) is 14.2. The third kappa shape index (κ3) is 6.23. The molecule has 1 heterocycles. The Labute approximate surface area is 183 Å². The molecule has 1 fully saturated rings. The molecule has 1 aromatic carbocycles. The highest BCUT2D eigenvalue weighted by atomic mass is 35.5. The number of nitrogens with one attached hydrogen (secondary N) is 1. The van der Waals surface area contributed by atoms with Crippen LogP contribution in [0.4, 0.5) is 18.0 Å². The maximum atomic E-state index is 13.1. The minimum Gasteiger partial charge on any atom is -0.352 e. The minimum absolute atomic E-state index is 0.0207. The highest BCUT2D eigenvalue weighted by Gasteiger charge is 2.37. The summed E-state index contributed by atoms with van der Waals surface area (Å²) in [6.07, 6.45) is -4.45. The number of hydrogen-bond donors (Lipinski definition) is 2. The molecule has 174 valence electrons. The van der Waals surface area contributed by atoms with E-state index in [4.69, 9.17) is 17.3 Å². The molecule has 1 saturated heterocycles. The first-order valence-electron chi connectivity index (χ1n) is 9.45. The summed E-state index contributed by atoms with van der Waals surface area (Å²) in [4.78, 5) is 24.8. The highest BCUT2D eigenvalue weighted by Crippen LogP contribution is 2.36. The number of nitrogens with two attached hydrogens (primary N) is 1. The first kappa shape index (κ1) is 25.2. The van der Waals surface area contributed by atoms with Crippen LogP contribution in [0.25, 0.3) is 0 Å². The van der Waals surface area contributed by atoms with Crippen LogP contribution in [-0.4, -0.2) is 61.8 Å². The van der Waals surface area contributed by atoms with Crippen LogP contribution in [0.5, 0.6) is 0 Å². The van der Waals surface area contributed by atoms with E-state index in [1.807, 2.05) is 13.8 Å². The summed E-state index contributed by atoms with van der Waals surface area (Å²) in [5, 5.41) is 1.80. The van der Waals surface area contributed by atoms with Crippen LogP contribution >= 0.6 is 11.6 Å². The third-order valence-corrected chi connectivity index (χ3v) is 6.98. The van der Waals surface area contributed by atoms with E-state index >= 15 is 0 Å². The Kier molecular flexibility index (Phi) is 7.82. The largest absolute Gasteiger partial charge is 0.417 e. The number of benzene rings is 1. The van der Waals surface area contributed by atoms with E-state index in [0.29, 0.717) is 12.5 Å². The van der Waals surface area contributed by atoms with Gasteiger partial charge in [0.2, 0.25) is 15.9 Å². The molecule has 1 aliphatic rings. The number of sulfonamides is 1. The van der Waals surface area contributed by atoms with Crippen molar-refractivity contribution >= 4 is 33.6 Å². The second-order valence-corrected chi connectivity index (χ2v) is 9.90. The summed E-state index contributed by atoms with van der Waals surface area (Å²) in [7, 11) is -4.22. The van der Waals surface area contributed by atoms with Crippen LogP contribution < -0.4 is 11.1 Å². The summed E-state index contributed by atoms with van der Waals surface area (Å²) in [5.41, 5.74) is 3.90. The van der Waals surface area contributed by atoms with Crippen molar-refractivity contribution in [1.29, 1.82) is 0 Å². The van der Waals surface area contributed by atoms with E-state index in [0.717, 1.165) is 16.4 Å². The van der Waals surface area contributed by atoms with Gasteiger partial charge in [-0.05, 0) is 30.5 Å². The normalized spacial score (nSPS) is 16.9. The van der Waals surface area contributed by atoms with Gasteiger partial charge in [-0.25, -0.2) is 13.2 Å². The maximum absolute atomic E-state index is 13.1. The van der Waals surface area contributed by atoms with Crippen molar-refractivity contribution in [2.45, 2.75) is 37.4 Å². The molecule has 0 saturated carbocycles. The van der Waals surface area contributed by atoms with E-state index in [-0.39, 0.29) is 32.1 Å². The van der Waals surface area contributed by atoms with Crippen LogP contribution in [0, 0.1) is 5.92 Å². The summed E-state index contributed by atoms with van der Waals surface area (Å²) in [6, 6.07) is 0.725. The molecule has 0 aromatic heterocycles. The summed E-state index contributed by atoms with van der Waals surface area (Å²) < 4.78 is 65.9. The monoisotopic (exact) mass is 484 g/mol. The van der Waals surface area contributed by atoms with Crippen LogP contribution in [0.15, 0.2) is 23.1 Å². The molecule has 0 aliphatic carbocycles. The maximum Gasteiger partial charge on any atom is 0.417 e. The second kappa shape index (κ2) is 9.61. The molecular weight excluding hydrogens is 461 g/mol. The molecule has 2 rings (SSSR count). The fourth-order valence-corrected chi connectivity index (χ4v) is 4.94. The minimum atomic E-state index is -4.80. The fourth-order valence-electron chi connectivity index (χ4n) is 3.26. The number of carbonyl (C=O) groups excluding carboxylic acids is 2. The molecule has 8 nitrogen and oxygen atoms in total. The smallest absolute Gasteiger partial charge is 0.352 e. The number of halogens is 4. The Morgan fingerprint density at radius 3 is 2.26 bits per heavy atom. The van der Waals surface area contributed by atoms with Crippen LogP contribution in [-0.2, 0) is 21.0 Å². The predicted octanol–water partition coefficient (Wildman–Crippen LogP) is 2.27. The highest BCUT2D eigenvalue weighted by molar-refractivity contribution is 7.89. The molecule has 1 aromatic rings. The van der Waals surface area contributed by atoms with Crippen molar-refractivity contribution < 1.29 is 31.2 Å². The van der Waals surface area contributed by atoms with Gasteiger partial charge >= 0.3 is 12.2 Å². The Balaban J connectivity index is 2.14. The number of carbonyl (C=O) groups is 2. The van der Waals surface area contributed by atoms with Crippen molar-refractivity contribution in [2.24, 2.45) is 11.7 Å². The lowest BCUT2D eigenvalue weighted by Gasteiger charge is -2.36. The van der Waals surface area contributed by atoms with Gasteiger partial charge in [-0.1, -0.05) is 25.4 Å². The average Bonchev–Trinajstić information content (AvgIpc) is 2.65. The molecular formula is C18H24ClF3N4O4S.